The van der Waals surface area contributed by atoms with Crippen molar-refractivity contribution < 1.29 is 0 Å². The van der Waals surface area contributed by atoms with Crippen molar-refractivity contribution in [2.75, 3.05) is 33.2 Å². The van der Waals surface area contributed by atoms with Crippen LogP contribution in [-0.2, 0) is 19.4 Å². The van der Waals surface area contributed by atoms with Crippen molar-refractivity contribution in [3.8, 4) is 0 Å². The maximum atomic E-state index is 4.58. The third-order valence-electron chi connectivity index (χ3n) is 4.53. The van der Waals surface area contributed by atoms with Gasteiger partial charge in [-0.05, 0) is 37.3 Å². The summed E-state index contributed by atoms with van der Waals surface area (Å²) in [6.45, 7) is 9.25. The van der Waals surface area contributed by atoms with Crippen LogP contribution in [0.5, 0.6) is 0 Å². The van der Waals surface area contributed by atoms with Crippen LogP contribution in [0.4, 0.5) is 0 Å². The lowest BCUT2D eigenvalue weighted by Gasteiger charge is -2.27. The van der Waals surface area contributed by atoms with E-state index in [9.17, 15) is 0 Å². The van der Waals surface area contributed by atoms with Gasteiger partial charge in [-0.3, -0.25) is 9.89 Å². The third-order valence-corrected chi connectivity index (χ3v) is 6.69. The number of aliphatic imine (C=N–C) groups is 1. The van der Waals surface area contributed by atoms with Crippen molar-refractivity contribution in [1.82, 2.24) is 20.5 Å². The first-order chi connectivity index (χ1) is 12.2. The lowest BCUT2D eigenvalue weighted by Crippen LogP contribution is -2.43. The summed E-state index contributed by atoms with van der Waals surface area (Å²) in [6, 6.07) is 2.27. The summed E-state index contributed by atoms with van der Waals surface area (Å²) in [5, 5.41) is 10.2. The summed E-state index contributed by atoms with van der Waals surface area (Å²) in [7, 11) is 1.82. The van der Waals surface area contributed by atoms with E-state index >= 15 is 0 Å². The molecule has 1 aliphatic rings. The first-order valence-corrected chi connectivity index (χ1v) is 10.5. The quantitative estimate of drug-likeness (QED) is 0.600. The van der Waals surface area contributed by atoms with Gasteiger partial charge < -0.3 is 10.6 Å². The first kappa shape index (κ1) is 18.4. The van der Waals surface area contributed by atoms with Gasteiger partial charge in [0.1, 0.15) is 0 Å². The van der Waals surface area contributed by atoms with Crippen LogP contribution in [0.25, 0.3) is 0 Å². The fraction of sp³-hybridized carbons (Fsp3) is 0.556. The zero-order chi connectivity index (χ0) is 17.6. The summed E-state index contributed by atoms with van der Waals surface area (Å²) in [6.07, 6.45) is 2.12. The van der Waals surface area contributed by atoms with Crippen molar-refractivity contribution in [3.05, 3.63) is 37.5 Å². The highest BCUT2D eigenvalue weighted by atomic mass is 32.1. The van der Waals surface area contributed by atoms with E-state index in [1.165, 1.54) is 21.9 Å². The molecule has 0 unspecified atom stereocenters. The lowest BCUT2D eigenvalue weighted by molar-refractivity contribution is 0.260. The second-order valence-electron chi connectivity index (χ2n) is 6.32. The zero-order valence-corrected chi connectivity index (χ0v) is 16.9. The Morgan fingerprint density at radius 1 is 1.32 bits per heavy atom. The molecule has 5 nitrogen and oxygen atoms in total. The number of fused-ring (bicyclic) bond motifs is 1. The number of hydrogen-bond donors (Lipinski definition) is 2. The van der Waals surface area contributed by atoms with Gasteiger partial charge in [-0.1, -0.05) is 0 Å². The molecular formula is C18H27N5S2. The Balaban J connectivity index is 1.35. The van der Waals surface area contributed by atoms with Gasteiger partial charge >= 0.3 is 0 Å². The van der Waals surface area contributed by atoms with Crippen LogP contribution >= 0.6 is 22.7 Å². The van der Waals surface area contributed by atoms with Gasteiger partial charge in [-0.2, -0.15) is 0 Å². The molecule has 136 valence electrons. The van der Waals surface area contributed by atoms with Crippen molar-refractivity contribution in [2.45, 2.75) is 33.2 Å². The zero-order valence-electron chi connectivity index (χ0n) is 15.3. The smallest absolute Gasteiger partial charge is 0.191 e. The monoisotopic (exact) mass is 377 g/mol. The Labute approximate surface area is 158 Å². The molecule has 1 aliphatic heterocycles. The van der Waals surface area contributed by atoms with Gasteiger partial charge in [0.2, 0.25) is 0 Å². The van der Waals surface area contributed by atoms with Gasteiger partial charge in [0.25, 0.3) is 0 Å². The van der Waals surface area contributed by atoms with Gasteiger partial charge in [0.15, 0.2) is 5.96 Å². The molecular weight excluding hydrogens is 350 g/mol. The van der Waals surface area contributed by atoms with E-state index in [2.05, 4.69) is 50.8 Å². The molecule has 25 heavy (non-hydrogen) atoms. The van der Waals surface area contributed by atoms with Crippen LogP contribution in [0.2, 0.25) is 0 Å². The summed E-state index contributed by atoms with van der Waals surface area (Å²) in [4.78, 5) is 14.3. The number of nitrogens with one attached hydrogen (secondary N) is 2. The maximum absolute atomic E-state index is 4.58. The predicted octanol–water partition coefficient (Wildman–Crippen LogP) is 2.59. The minimum atomic E-state index is 0.855. The molecule has 0 atom stereocenters. The van der Waals surface area contributed by atoms with Crippen LogP contribution < -0.4 is 10.6 Å². The van der Waals surface area contributed by atoms with Gasteiger partial charge in [0.05, 0.1) is 10.7 Å². The molecule has 2 N–H and O–H groups in total. The SMILES string of the molecule is CN=C(NCCc1nc(C)c(C)s1)NCCN1CCc2sccc2C1. The van der Waals surface area contributed by atoms with Crippen LogP contribution in [0.1, 0.15) is 26.0 Å². The normalized spacial score (nSPS) is 15.2. The average Bonchev–Trinajstić information content (AvgIpc) is 3.19. The van der Waals surface area contributed by atoms with Gasteiger partial charge in [-0.25, -0.2) is 4.98 Å². The largest absolute Gasteiger partial charge is 0.356 e. The Bertz CT molecular complexity index is 699. The van der Waals surface area contributed by atoms with Gasteiger partial charge in [0, 0.05) is 55.9 Å². The molecule has 2 aromatic heterocycles. The third kappa shape index (κ3) is 5.03. The number of guanidine groups is 1. The molecule has 0 spiro atoms. The van der Waals surface area contributed by atoms with E-state index in [0.717, 1.165) is 50.8 Å². The number of aromatic nitrogens is 1. The molecule has 3 rings (SSSR count). The highest BCUT2D eigenvalue weighted by molar-refractivity contribution is 7.11. The summed E-state index contributed by atoms with van der Waals surface area (Å²) in [5.74, 6) is 0.873. The molecule has 0 aliphatic carbocycles. The topological polar surface area (TPSA) is 52.6 Å². The fourth-order valence-electron chi connectivity index (χ4n) is 2.98. The first-order valence-electron chi connectivity index (χ1n) is 8.80. The second-order valence-corrected chi connectivity index (χ2v) is 8.61. The van der Waals surface area contributed by atoms with Crippen LogP contribution in [0.15, 0.2) is 16.4 Å². The van der Waals surface area contributed by atoms with E-state index in [0.29, 0.717) is 0 Å². The van der Waals surface area contributed by atoms with Crippen molar-refractivity contribution >= 4 is 28.6 Å². The van der Waals surface area contributed by atoms with E-state index in [1.807, 2.05) is 18.4 Å². The van der Waals surface area contributed by atoms with E-state index in [1.54, 1.807) is 16.2 Å². The molecule has 0 aromatic carbocycles. The highest BCUT2D eigenvalue weighted by Gasteiger charge is 2.16. The predicted molar refractivity (Wildman–Crippen MR) is 108 cm³/mol. The van der Waals surface area contributed by atoms with Crippen LogP contribution in [0, 0.1) is 13.8 Å². The maximum Gasteiger partial charge on any atom is 0.191 e. The molecule has 2 aromatic rings. The van der Waals surface area contributed by atoms with E-state index in [-0.39, 0.29) is 0 Å². The second kappa shape index (κ2) is 8.78. The molecule has 0 bridgehead atoms. The van der Waals surface area contributed by atoms with Crippen molar-refractivity contribution in [1.29, 1.82) is 0 Å². The van der Waals surface area contributed by atoms with E-state index < -0.39 is 0 Å². The molecule has 0 saturated heterocycles. The van der Waals surface area contributed by atoms with Crippen molar-refractivity contribution in [3.63, 3.8) is 0 Å². The van der Waals surface area contributed by atoms with Crippen LogP contribution in [-0.4, -0.2) is 49.1 Å². The Kier molecular flexibility index (Phi) is 6.45. The number of nitrogens with zero attached hydrogens (tertiary/aromatic N) is 3. The number of thiazole rings is 1. The Hall–Kier alpha value is -1.44. The summed E-state index contributed by atoms with van der Waals surface area (Å²) in [5.41, 5.74) is 2.66. The van der Waals surface area contributed by atoms with E-state index in [4.69, 9.17) is 0 Å². The minimum absolute atomic E-state index is 0.855. The number of aryl methyl sites for hydroxylation is 2. The highest BCUT2D eigenvalue weighted by Crippen LogP contribution is 2.23. The Morgan fingerprint density at radius 3 is 2.92 bits per heavy atom. The number of rotatable bonds is 6. The van der Waals surface area contributed by atoms with Crippen LogP contribution in [0.3, 0.4) is 0 Å². The lowest BCUT2D eigenvalue weighted by atomic mass is 10.1. The fourth-order valence-corrected chi connectivity index (χ4v) is 4.81. The van der Waals surface area contributed by atoms with Gasteiger partial charge in [-0.15, -0.1) is 22.7 Å². The molecule has 0 radical (unpaired) electrons. The molecule has 7 heteroatoms. The number of hydrogen-bond acceptors (Lipinski definition) is 5. The standard InChI is InChI=1S/C18H27N5S2/c1-13-14(2)25-17(22-13)4-7-20-18(19-3)21-8-10-23-9-5-16-15(12-23)6-11-24-16/h6,11H,4-5,7-10,12H2,1-3H3,(H2,19,20,21). The number of thiophene rings is 1. The van der Waals surface area contributed by atoms with Crippen molar-refractivity contribution in [2.24, 2.45) is 4.99 Å². The molecule has 0 fully saturated rings. The summed E-state index contributed by atoms with van der Waals surface area (Å²) < 4.78 is 0. The summed E-state index contributed by atoms with van der Waals surface area (Å²) >= 11 is 3.68. The minimum Gasteiger partial charge on any atom is -0.356 e. The Morgan fingerprint density at radius 2 is 2.16 bits per heavy atom. The molecule has 0 amide bonds. The average molecular weight is 378 g/mol. The molecule has 0 saturated carbocycles. The molecule has 3 heterocycles.